The number of aromatic nitrogens is 4. The predicted octanol–water partition coefficient (Wildman–Crippen LogP) is 2.73. The van der Waals surface area contributed by atoms with E-state index in [2.05, 4.69) is 51.1 Å². The van der Waals surface area contributed by atoms with Gasteiger partial charge in [0.25, 0.3) is 0 Å². The average molecular weight is 427 g/mol. The van der Waals surface area contributed by atoms with Crippen LogP contribution < -0.4 is 10.2 Å². The lowest BCUT2D eigenvalue weighted by Gasteiger charge is -2.36. The molecule has 3 heterocycles. The number of nitrogens with one attached hydrogen (secondary N) is 1. The Hall–Kier alpha value is -2.49. The summed E-state index contributed by atoms with van der Waals surface area (Å²) in [6, 6.07) is 10.3. The number of benzene rings is 1. The summed E-state index contributed by atoms with van der Waals surface area (Å²) in [7, 11) is 0. The zero-order valence-electron chi connectivity index (χ0n) is 17.2. The summed E-state index contributed by atoms with van der Waals surface area (Å²) in [6.07, 6.45) is 1.78. The van der Waals surface area contributed by atoms with Crippen molar-refractivity contribution in [2.75, 3.05) is 36.5 Å². The topological polar surface area (TPSA) is 96.3 Å². The van der Waals surface area contributed by atoms with E-state index in [1.54, 1.807) is 18.1 Å². The van der Waals surface area contributed by atoms with Crippen LogP contribution in [0.4, 0.5) is 11.8 Å². The molecule has 1 fully saturated rings. The highest BCUT2D eigenvalue weighted by atomic mass is 32.2. The zero-order chi connectivity index (χ0) is 20.9. The van der Waals surface area contributed by atoms with Gasteiger partial charge in [0.05, 0.1) is 18.8 Å². The summed E-state index contributed by atoms with van der Waals surface area (Å²) < 4.78 is 5.89. The number of hydrogen-bond donors (Lipinski definition) is 2. The molecule has 8 nitrogen and oxygen atoms in total. The highest BCUT2D eigenvalue weighted by Gasteiger charge is 2.26. The molecule has 0 amide bonds. The SMILES string of the molecule is CC1CN(c2nc(NCCO)nc3c(SCc4ccccc4)ncnc23)CC(C)O1. The molecule has 0 bridgehead atoms. The normalized spacial score (nSPS) is 19.2. The molecule has 2 N–H and O–H groups in total. The zero-order valence-corrected chi connectivity index (χ0v) is 18.0. The monoisotopic (exact) mass is 426 g/mol. The summed E-state index contributed by atoms with van der Waals surface area (Å²) >= 11 is 1.63. The summed E-state index contributed by atoms with van der Waals surface area (Å²) in [6.45, 7) is 5.96. The number of morpholine rings is 1. The van der Waals surface area contributed by atoms with Gasteiger partial charge in [-0.25, -0.2) is 15.0 Å². The minimum absolute atomic E-state index is 0.00323. The lowest BCUT2D eigenvalue weighted by molar-refractivity contribution is -0.00537. The number of thioether (sulfide) groups is 1. The third kappa shape index (κ3) is 4.80. The first kappa shape index (κ1) is 20.8. The second kappa shape index (κ2) is 9.55. The Labute approximate surface area is 180 Å². The highest BCUT2D eigenvalue weighted by molar-refractivity contribution is 7.98. The number of ether oxygens (including phenoxy) is 1. The van der Waals surface area contributed by atoms with Gasteiger partial charge in [0.2, 0.25) is 5.95 Å². The van der Waals surface area contributed by atoms with Crippen LogP contribution in [0, 0.1) is 0 Å². The van der Waals surface area contributed by atoms with Crippen LogP contribution in [0.15, 0.2) is 41.7 Å². The number of nitrogens with zero attached hydrogens (tertiary/aromatic N) is 5. The molecule has 3 aromatic rings. The predicted molar refractivity (Wildman–Crippen MR) is 119 cm³/mol. The van der Waals surface area contributed by atoms with Gasteiger partial charge in [0.1, 0.15) is 22.4 Å². The van der Waals surface area contributed by atoms with Crippen molar-refractivity contribution in [3.8, 4) is 0 Å². The molecular formula is C21H26N6O2S. The van der Waals surface area contributed by atoms with E-state index >= 15 is 0 Å². The Balaban J connectivity index is 1.72. The van der Waals surface area contributed by atoms with Crippen molar-refractivity contribution in [3.63, 3.8) is 0 Å². The molecular weight excluding hydrogens is 400 g/mol. The molecule has 4 rings (SSSR count). The number of fused-ring (bicyclic) bond motifs is 1. The van der Waals surface area contributed by atoms with E-state index < -0.39 is 0 Å². The Morgan fingerprint density at radius 2 is 1.87 bits per heavy atom. The quantitative estimate of drug-likeness (QED) is 0.437. The number of aliphatic hydroxyl groups is 1. The van der Waals surface area contributed by atoms with Crippen LogP contribution in [0.2, 0.25) is 0 Å². The van der Waals surface area contributed by atoms with Crippen molar-refractivity contribution in [2.24, 2.45) is 0 Å². The maximum Gasteiger partial charge on any atom is 0.225 e. The Morgan fingerprint density at radius 3 is 2.60 bits per heavy atom. The van der Waals surface area contributed by atoms with Gasteiger partial charge in [0.15, 0.2) is 5.82 Å². The van der Waals surface area contributed by atoms with Crippen molar-refractivity contribution < 1.29 is 9.84 Å². The van der Waals surface area contributed by atoms with E-state index in [-0.39, 0.29) is 18.8 Å². The van der Waals surface area contributed by atoms with Crippen LogP contribution in [-0.4, -0.2) is 63.5 Å². The first-order valence-electron chi connectivity index (χ1n) is 10.1. The molecule has 1 aromatic carbocycles. The van der Waals surface area contributed by atoms with Crippen LogP contribution in [0.1, 0.15) is 19.4 Å². The fraction of sp³-hybridized carbons (Fsp3) is 0.429. The maximum absolute atomic E-state index is 9.22. The van der Waals surface area contributed by atoms with Gasteiger partial charge in [-0.2, -0.15) is 4.98 Å². The van der Waals surface area contributed by atoms with Crippen LogP contribution in [0.3, 0.4) is 0 Å². The van der Waals surface area contributed by atoms with Gasteiger partial charge < -0.3 is 20.1 Å². The van der Waals surface area contributed by atoms with Gasteiger partial charge in [0, 0.05) is 25.4 Å². The Kier molecular flexibility index (Phi) is 6.61. The van der Waals surface area contributed by atoms with Crippen molar-refractivity contribution in [3.05, 3.63) is 42.2 Å². The summed E-state index contributed by atoms with van der Waals surface area (Å²) in [5, 5.41) is 13.1. The number of anilines is 2. The third-order valence-electron chi connectivity index (χ3n) is 4.76. The van der Waals surface area contributed by atoms with Crippen molar-refractivity contribution >= 4 is 34.6 Å². The van der Waals surface area contributed by atoms with E-state index in [0.29, 0.717) is 12.5 Å². The Bertz CT molecular complexity index is 980. The van der Waals surface area contributed by atoms with Gasteiger partial charge in [-0.1, -0.05) is 42.1 Å². The second-order valence-electron chi connectivity index (χ2n) is 7.33. The number of aliphatic hydroxyl groups excluding tert-OH is 1. The molecule has 2 aromatic heterocycles. The first-order valence-corrected chi connectivity index (χ1v) is 11.1. The molecule has 9 heteroatoms. The largest absolute Gasteiger partial charge is 0.395 e. The standard InChI is InChI=1S/C21H26N6O2S/c1-14-10-27(11-15(2)29-14)19-17-18(25-21(26-19)22-8-9-28)20(24-13-23-17)30-12-16-6-4-3-5-7-16/h3-7,13-15,28H,8-12H2,1-2H3,(H,22,25,26). The molecule has 2 atom stereocenters. The van der Waals surface area contributed by atoms with Gasteiger partial charge in [-0.05, 0) is 19.4 Å². The van der Waals surface area contributed by atoms with Gasteiger partial charge in [-0.3, -0.25) is 0 Å². The molecule has 1 aliphatic rings. The first-order chi connectivity index (χ1) is 14.6. The summed E-state index contributed by atoms with van der Waals surface area (Å²) in [5.41, 5.74) is 2.67. The maximum atomic E-state index is 9.22. The lowest BCUT2D eigenvalue weighted by Crippen LogP contribution is -2.46. The molecule has 0 saturated carbocycles. The minimum atomic E-state index is 0.00323. The fourth-order valence-corrected chi connectivity index (χ4v) is 4.46. The molecule has 1 aliphatic heterocycles. The molecule has 0 aliphatic carbocycles. The third-order valence-corrected chi connectivity index (χ3v) is 5.81. The summed E-state index contributed by atoms with van der Waals surface area (Å²) in [4.78, 5) is 20.6. The van der Waals surface area contributed by atoms with E-state index in [9.17, 15) is 5.11 Å². The molecule has 0 radical (unpaired) electrons. The summed E-state index contributed by atoms with van der Waals surface area (Å²) in [5.74, 6) is 2.03. The molecule has 0 spiro atoms. The molecule has 158 valence electrons. The smallest absolute Gasteiger partial charge is 0.225 e. The number of rotatable bonds is 7. The van der Waals surface area contributed by atoms with E-state index in [0.717, 1.165) is 40.7 Å². The van der Waals surface area contributed by atoms with Gasteiger partial charge in [-0.15, -0.1) is 0 Å². The number of hydrogen-bond acceptors (Lipinski definition) is 9. The van der Waals surface area contributed by atoms with E-state index in [4.69, 9.17) is 9.72 Å². The molecule has 1 saturated heterocycles. The average Bonchev–Trinajstić information content (AvgIpc) is 2.75. The van der Waals surface area contributed by atoms with Gasteiger partial charge >= 0.3 is 0 Å². The molecule has 2 unspecified atom stereocenters. The van der Waals surface area contributed by atoms with Crippen LogP contribution in [-0.2, 0) is 10.5 Å². The molecule has 30 heavy (non-hydrogen) atoms. The fourth-order valence-electron chi connectivity index (χ4n) is 3.56. The van der Waals surface area contributed by atoms with Crippen LogP contribution in [0.25, 0.3) is 11.0 Å². The minimum Gasteiger partial charge on any atom is -0.395 e. The van der Waals surface area contributed by atoms with E-state index in [1.165, 1.54) is 5.56 Å². The Morgan fingerprint density at radius 1 is 1.10 bits per heavy atom. The van der Waals surface area contributed by atoms with Crippen molar-refractivity contribution in [1.82, 2.24) is 19.9 Å². The van der Waals surface area contributed by atoms with Crippen LogP contribution >= 0.6 is 11.8 Å². The van der Waals surface area contributed by atoms with Crippen molar-refractivity contribution in [2.45, 2.75) is 36.8 Å². The highest BCUT2D eigenvalue weighted by Crippen LogP contribution is 2.32. The second-order valence-corrected chi connectivity index (χ2v) is 8.30. The lowest BCUT2D eigenvalue weighted by atomic mass is 10.2. The van der Waals surface area contributed by atoms with Crippen molar-refractivity contribution in [1.29, 1.82) is 0 Å². The van der Waals surface area contributed by atoms with Crippen LogP contribution in [0.5, 0.6) is 0 Å². The van der Waals surface area contributed by atoms with E-state index in [1.807, 2.05) is 18.2 Å².